The van der Waals surface area contributed by atoms with Gasteiger partial charge in [-0.3, -0.25) is 4.21 Å². The summed E-state index contributed by atoms with van der Waals surface area (Å²) in [6, 6.07) is 0.346. The van der Waals surface area contributed by atoms with Gasteiger partial charge in [0.1, 0.15) is 0 Å². The molecule has 0 aromatic carbocycles. The Morgan fingerprint density at radius 1 is 1.19 bits per heavy atom. The van der Waals surface area contributed by atoms with Crippen molar-refractivity contribution in [3.05, 3.63) is 0 Å². The van der Waals surface area contributed by atoms with Gasteiger partial charge in [0, 0.05) is 29.4 Å². The largest absolute Gasteiger partial charge is 0.467 e. The molecule has 1 aromatic heterocycles. The molecule has 16 heavy (non-hydrogen) atoms. The third kappa shape index (κ3) is 3.97. The Morgan fingerprint density at radius 2 is 1.75 bits per heavy atom. The number of aromatic nitrogens is 3. The average molecular weight is 246 g/mol. The molecule has 1 unspecified atom stereocenters. The predicted octanol–water partition coefficient (Wildman–Crippen LogP) is -0.321. The minimum Gasteiger partial charge on any atom is -0.467 e. The van der Waals surface area contributed by atoms with Gasteiger partial charge in [0.05, 0.1) is 14.2 Å². The highest BCUT2D eigenvalue weighted by molar-refractivity contribution is 7.84. The smallest absolute Gasteiger partial charge is 0.324 e. The molecular formula is C8H14N4O3S. The van der Waals surface area contributed by atoms with Crippen LogP contribution in [0.25, 0.3) is 0 Å². The third-order valence-electron chi connectivity index (χ3n) is 1.63. The van der Waals surface area contributed by atoms with Crippen molar-refractivity contribution in [3.63, 3.8) is 0 Å². The van der Waals surface area contributed by atoms with E-state index in [2.05, 4.69) is 20.3 Å². The lowest BCUT2D eigenvalue weighted by molar-refractivity contribution is 0.341. The highest BCUT2D eigenvalue weighted by Gasteiger charge is 2.06. The van der Waals surface area contributed by atoms with E-state index in [-0.39, 0.29) is 12.0 Å². The molecule has 8 heteroatoms. The maximum absolute atomic E-state index is 10.8. The van der Waals surface area contributed by atoms with E-state index in [1.807, 2.05) is 0 Å². The molecule has 1 N–H and O–H groups in total. The number of rotatable bonds is 6. The highest BCUT2D eigenvalue weighted by atomic mass is 32.2. The van der Waals surface area contributed by atoms with E-state index < -0.39 is 10.8 Å². The number of ether oxygens (including phenoxy) is 2. The van der Waals surface area contributed by atoms with Crippen molar-refractivity contribution in [1.82, 2.24) is 15.0 Å². The summed E-state index contributed by atoms with van der Waals surface area (Å²) < 4.78 is 20.6. The summed E-state index contributed by atoms with van der Waals surface area (Å²) in [5.41, 5.74) is 0. The lowest BCUT2D eigenvalue weighted by Crippen LogP contribution is -2.13. The monoisotopic (exact) mass is 246 g/mol. The Balaban J connectivity index is 2.67. The lowest BCUT2D eigenvalue weighted by atomic mass is 10.7. The SMILES string of the molecule is COc1nc(NCCS(C)=O)nc(OC)n1. The van der Waals surface area contributed by atoms with Gasteiger partial charge in [-0.15, -0.1) is 4.98 Å². The maximum atomic E-state index is 10.8. The van der Waals surface area contributed by atoms with Gasteiger partial charge >= 0.3 is 12.0 Å². The van der Waals surface area contributed by atoms with E-state index in [1.165, 1.54) is 14.2 Å². The van der Waals surface area contributed by atoms with Gasteiger partial charge < -0.3 is 14.8 Å². The molecule has 0 spiro atoms. The number of nitrogens with one attached hydrogen (secondary N) is 1. The fraction of sp³-hybridized carbons (Fsp3) is 0.625. The summed E-state index contributed by atoms with van der Waals surface area (Å²) in [4.78, 5) is 11.8. The Morgan fingerprint density at radius 3 is 2.19 bits per heavy atom. The second-order valence-corrected chi connectivity index (χ2v) is 4.39. The first-order valence-corrected chi connectivity index (χ1v) is 6.26. The lowest BCUT2D eigenvalue weighted by Gasteiger charge is -2.06. The predicted molar refractivity (Wildman–Crippen MR) is 60.4 cm³/mol. The summed E-state index contributed by atoms with van der Waals surface area (Å²) in [7, 11) is 2.07. The van der Waals surface area contributed by atoms with Crippen LogP contribution in [-0.4, -0.2) is 51.9 Å². The molecule has 0 saturated carbocycles. The molecule has 0 radical (unpaired) electrons. The van der Waals surface area contributed by atoms with Crippen LogP contribution >= 0.6 is 0 Å². The number of hydrogen-bond acceptors (Lipinski definition) is 7. The van der Waals surface area contributed by atoms with Crippen LogP contribution in [0.2, 0.25) is 0 Å². The van der Waals surface area contributed by atoms with E-state index in [0.717, 1.165) is 0 Å². The summed E-state index contributed by atoms with van der Waals surface area (Å²) in [5.74, 6) is 0.866. The summed E-state index contributed by atoms with van der Waals surface area (Å²) in [6.45, 7) is 0.513. The second-order valence-electron chi connectivity index (χ2n) is 2.84. The summed E-state index contributed by atoms with van der Waals surface area (Å²) >= 11 is 0. The highest BCUT2D eigenvalue weighted by Crippen LogP contribution is 2.11. The van der Waals surface area contributed by atoms with Crippen molar-refractivity contribution in [3.8, 4) is 12.0 Å². The van der Waals surface area contributed by atoms with Crippen molar-refractivity contribution in [2.75, 3.05) is 38.1 Å². The van der Waals surface area contributed by atoms with Crippen LogP contribution in [0.5, 0.6) is 12.0 Å². The Bertz CT molecular complexity index is 352. The molecule has 0 aliphatic carbocycles. The van der Waals surface area contributed by atoms with Crippen molar-refractivity contribution < 1.29 is 13.7 Å². The zero-order chi connectivity index (χ0) is 12.0. The normalized spacial score (nSPS) is 11.9. The standard InChI is InChI=1S/C8H14N4O3S/c1-14-7-10-6(9-4-5-16(3)13)11-8(12-7)15-2/h4-5H2,1-3H3,(H,9,10,11,12). The van der Waals surface area contributed by atoms with Gasteiger partial charge in [0.15, 0.2) is 0 Å². The van der Waals surface area contributed by atoms with Crippen LogP contribution in [0.3, 0.4) is 0 Å². The van der Waals surface area contributed by atoms with Gasteiger partial charge in [-0.05, 0) is 0 Å². The van der Waals surface area contributed by atoms with E-state index in [1.54, 1.807) is 6.26 Å². The first kappa shape index (κ1) is 12.6. The molecule has 1 aromatic rings. The van der Waals surface area contributed by atoms with Crippen LogP contribution < -0.4 is 14.8 Å². The number of nitrogens with zero attached hydrogens (tertiary/aromatic N) is 3. The number of anilines is 1. The molecule has 0 aliphatic rings. The summed E-state index contributed by atoms with van der Waals surface area (Å²) in [6.07, 6.45) is 1.64. The minimum absolute atomic E-state index is 0.173. The van der Waals surface area contributed by atoms with E-state index >= 15 is 0 Å². The number of hydrogen-bond donors (Lipinski definition) is 1. The van der Waals surface area contributed by atoms with E-state index in [9.17, 15) is 4.21 Å². The Kier molecular flexibility index (Phi) is 4.90. The average Bonchev–Trinajstić information content (AvgIpc) is 2.28. The van der Waals surface area contributed by atoms with Gasteiger partial charge in [0.25, 0.3) is 0 Å². The Labute approximate surface area is 96.1 Å². The topological polar surface area (TPSA) is 86.2 Å². The molecule has 90 valence electrons. The molecule has 1 rings (SSSR count). The molecule has 1 atom stereocenters. The zero-order valence-corrected chi connectivity index (χ0v) is 10.2. The first-order chi connectivity index (χ1) is 7.65. The van der Waals surface area contributed by atoms with E-state index in [4.69, 9.17) is 9.47 Å². The summed E-state index contributed by atoms with van der Waals surface area (Å²) in [5, 5.41) is 2.91. The Hall–Kier alpha value is -1.44. The second kappa shape index (κ2) is 6.21. The minimum atomic E-state index is -0.850. The molecule has 0 aliphatic heterocycles. The fourth-order valence-corrected chi connectivity index (χ4v) is 1.30. The maximum Gasteiger partial charge on any atom is 0.324 e. The molecular weight excluding hydrogens is 232 g/mol. The van der Waals surface area contributed by atoms with Gasteiger partial charge in [-0.2, -0.15) is 9.97 Å². The van der Waals surface area contributed by atoms with Crippen LogP contribution in [0.1, 0.15) is 0 Å². The van der Waals surface area contributed by atoms with Crippen LogP contribution in [0.4, 0.5) is 5.95 Å². The molecule has 0 fully saturated rings. The quantitative estimate of drug-likeness (QED) is 0.736. The van der Waals surface area contributed by atoms with Crippen molar-refractivity contribution in [1.29, 1.82) is 0 Å². The van der Waals surface area contributed by atoms with Crippen molar-refractivity contribution in [2.24, 2.45) is 0 Å². The van der Waals surface area contributed by atoms with Crippen molar-refractivity contribution >= 4 is 16.7 Å². The van der Waals surface area contributed by atoms with Gasteiger partial charge in [-0.1, -0.05) is 0 Å². The number of methoxy groups -OCH3 is 2. The molecule has 0 saturated heterocycles. The molecule has 0 amide bonds. The van der Waals surface area contributed by atoms with E-state index in [0.29, 0.717) is 18.2 Å². The van der Waals surface area contributed by atoms with Crippen LogP contribution in [-0.2, 0) is 10.8 Å². The molecule has 0 bridgehead atoms. The fourth-order valence-electron chi connectivity index (χ4n) is 0.906. The van der Waals surface area contributed by atoms with Crippen LogP contribution in [0, 0.1) is 0 Å². The van der Waals surface area contributed by atoms with Crippen LogP contribution in [0.15, 0.2) is 0 Å². The third-order valence-corrected chi connectivity index (χ3v) is 2.41. The molecule has 7 nitrogen and oxygen atoms in total. The molecule has 1 heterocycles. The van der Waals surface area contributed by atoms with Gasteiger partial charge in [-0.25, -0.2) is 0 Å². The van der Waals surface area contributed by atoms with Crippen molar-refractivity contribution in [2.45, 2.75) is 0 Å². The first-order valence-electron chi connectivity index (χ1n) is 4.53. The zero-order valence-electron chi connectivity index (χ0n) is 9.39. The van der Waals surface area contributed by atoms with Gasteiger partial charge in [0.2, 0.25) is 5.95 Å².